The van der Waals surface area contributed by atoms with E-state index in [0.29, 0.717) is 10.7 Å². The molecule has 0 aromatic heterocycles. The summed E-state index contributed by atoms with van der Waals surface area (Å²) in [4.78, 5) is 12.0. The van der Waals surface area contributed by atoms with Gasteiger partial charge >= 0.3 is 0 Å². The second-order valence-electron chi connectivity index (χ2n) is 5.22. The highest BCUT2D eigenvalue weighted by atomic mass is 35.5. The zero-order valence-corrected chi connectivity index (χ0v) is 15.4. The Labute approximate surface area is 151 Å². The van der Waals surface area contributed by atoms with Crippen molar-refractivity contribution in [1.29, 1.82) is 0 Å². The van der Waals surface area contributed by atoms with Crippen LogP contribution in [0.15, 0.2) is 41.3 Å². The average molecular weight is 387 g/mol. The number of hydrogen-bond donors (Lipinski definition) is 2. The maximum atomic E-state index is 12.2. The van der Waals surface area contributed by atoms with Crippen molar-refractivity contribution in [2.24, 2.45) is 0 Å². The van der Waals surface area contributed by atoms with E-state index in [1.165, 1.54) is 6.07 Å². The maximum absolute atomic E-state index is 12.2. The molecular formula is C16H16Cl2N2O3S. The Morgan fingerprint density at radius 3 is 2.46 bits per heavy atom. The van der Waals surface area contributed by atoms with Crippen LogP contribution >= 0.6 is 23.2 Å². The fourth-order valence-corrected chi connectivity index (χ4v) is 3.33. The lowest BCUT2D eigenvalue weighted by Crippen LogP contribution is -2.33. The predicted octanol–water partition coefficient (Wildman–Crippen LogP) is 3.53. The molecule has 2 aromatic rings. The van der Waals surface area contributed by atoms with Crippen LogP contribution in [0.5, 0.6) is 0 Å². The highest BCUT2D eigenvalue weighted by Crippen LogP contribution is 2.29. The summed E-state index contributed by atoms with van der Waals surface area (Å²) in [6.07, 6.45) is 0. The van der Waals surface area contributed by atoms with Crippen LogP contribution in [0, 0.1) is 13.8 Å². The second-order valence-corrected chi connectivity index (χ2v) is 7.77. The third-order valence-electron chi connectivity index (χ3n) is 3.44. The number of hydrogen-bond acceptors (Lipinski definition) is 3. The van der Waals surface area contributed by atoms with E-state index < -0.39 is 22.5 Å². The number of carbonyl (C=O) groups excluding carboxylic acids is 1. The Hall–Kier alpha value is -1.60. The van der Waals surface area contributed by atoms with Crippen molar-refractivity contribution in [1.82, 2.24) is 4.72 Å². The van der Waals surface area contributed by atoms with Crippen molar-refractivity contribution in [2.75, 3.05) is 11.9 Å². The molecule has 0 aliphatic carbocycles. The molecule has 0 aliphatic rings. The molecule has 2 rings (SSSR count). The van der Waals surface area contributed by atoms with Gasteiger partial charge in [0.1, 0.15) is 0 Å². The first kappa shape index (κ1) is 18.7. The van der Waals surface area contributed by atoms with Gasteiger partial charge in [-0.1, -0.05) is 35.3 Å². The van der Waals surface area contributed by atoms with Gasteiger partial charge in [0.05, 0.1) is 27.2 Å². The molecule has 0 fully saturated rings. The van der Waals surface area contributed by atoms with Crippen LogP contribution in [0.1, 0.15) is 11.1 Å². The molecule has 2 N–H and O–H groups in total. The van der Waals surface area contributed by atoms with Crippen LogP contribution in [-0.2, 0) is 14.8 Å². The Balaban J connectivity index is 2.05. The third-order valence-corrected chi connectivity index (χ3v) is 5.65. The fraction of sp³-hybridized carbons (Fsp3) is 0.188. The molecule has 8 heteroatoms. The molecule has 0 aliphatic heterocycles. The minimum absolute atomic E-state index is 0.110. The fourth-order valence-electron chi connectivity index (χ4n) is 1.92. The van der Waals surface area contributed by atoms with Gasteiger partial charge in [-0.05, 0) is 49.2 Å². The summed E-state index contributed by atoms with van der Waals surface area (Å²) < 4.78 is 26.7. The van der Waals surface area contributed by atoms with Gasteiger partial charge in [0, 0.05) is 0 Å². The minimum Gasteiger partial charge on any atom is -0.324 e. The SMILES string of the molecule is Cc1ccc(S(=O)(=O)NCC(=O)Nc2cccc(Cl)c2Cl)cc1C. The van der Waals surface area contributed by atoms with Crippen molar-refractivity contribution in [3.8, 4) is 0 Å². The quantitative estimate of drug-likeness (QED) is 0.824. The van der Waals surface area contributed by atoms with Gasteiger partial charge in [-0.15, -0.1) is 0 Å². The third kappa shape index (κ3) is 4.48. The van der Waals surface area contributed by atoms with Gasteiger partial charge in [-0.2, -0.15) is 0 Å². The Morgan fingerprint density at radius 2 is 1.79 bits per heavy atom. The monoisotopic (exact) mass is 386 g/mol. The summed E-state index contributed by atoms with van der Waals surface area (Å²) >= 11 is 11.8. The normalized spacial score (nSPS) is 11.3. The van der Waals surface area contributed by atoms with Crippen molar-refractivity contribution in [3.63, 3.8) is 0 Å². The number of carbonyl (C=O) groups is 1. The van der Waals surface area contributed by atoms with Gasteiger partial charge in [0.25, 0.3) is 0 Å². The molecule has 0 radical (unpaired) electrons. The average Bonchev–Trinajstić information content (AvgIpc) is 2.52. The molecule has 1 amide bonds. The number of rotatable bonds is 5. The number of benzene rings is 2. The van der Waals surface area contributed by atoms with E-state index >= 15 is 0 Å². The Morgan fingerprint density at radius 1 is 1.08 bits per heavy atom. The smallest absolute Gasteiger partial charge is 0.241 e. The van der Waals surface area contributed by atoms with Gasteiger partial charge in [-0.3, -0.25) is 4.79 Å². The lowest BCUT2D eigenvalue weighted by molar-refractivity contribution is -0.115. The van der Waals surface area contributed by atoms with Crippen molar-refractivity contribution in [2.45, 2.75) is 18.7 Å². The van der Waals surface area contributed by atoms with Gasteiger partial charge in [-0.25, -0.2) is 13.1 Å². The topological polar surface area (TPSA) is 75.3 Å². The standard InChI is InChI=1S/C16H16Cl2N2O3S/c1-10-6-7-12(8-11(10)2)24(22,23)19-9-15(21)20-14-5-3-4-13(17)16(14)18/h3-8,19H,9H2,1-2H3,(H,20,21). The van der Waals surface area contributed by atoms with Crippen LogP contribution in [0.4, 0.5) is 5.69 Å². The van der Waals surface area contributed by atoms with Crippen molar-refractivity contribution >= 4 is 44.8 Å². The summed E-state index contributed by atoms with van der Waals surface area (Å²) in [6, 6.07) is 9.56. The number of anilines is 1. The van der Waals surface area contributed by atoms with E-state index in [-0.39, 0.29) is 9.92 Å². The van der Waals surface area contributed by atoms with Crippen LogP contribution in [0.3, 0.4) is 0 Å². The van der Waals surface area contributed by atoms with E-state index in [2.05, 4.69) is 10.0 Å². The molecule has 0 unspecified atom stereocenters. The van der Waals surface area contributed by atoms with Crippen molar-refractivity contribution in [3.05, 3.63) is 57.6 Å². The Kier molecular flexibility index (Phi) is 5.87. The summed E-state index contributed by atoms with van der Waals surface area (Å²) in [5.74, 6) is -0.549. The molecule has 0 heterocycles. The first-order valence-electron chi connectivity index (χ1n) is 7.01. The predicted molar refractivity (Wildman–Crippen MR) is 96.2 cm³/mol. The van der Waals surface area contributed by atoms with Crippen LogP contribution in [0.2, 0.25) is 10.0 Å². The van der Waals surface area contributed by atoms with E-state index in [9.17, 15) is 13.2 Å². The lowest BCUT2D eigenvalue weighted by Gasteiger charge is -2.10. The molecule has 0 bridgehead atoms. The molecule has 128 valence electrons. The van der Waals surface area contributed by atoms with Gasteiger partial charge in [0.2, 0.25) is 15.9 Å². The van der Waals surface area contributed by atoms with Gasteiger partial charge in [0.15, 0.2) is 0 Å². The number of aryl methyl sites for hydroxylation is 2. The number of nitrogens with one attached hydrogen (secondary N) is 2. The second kappa shape index (κ2) is 7.53. The molecule has 0 saturated carbocycles. The maximum Gasteiger partial charge on any atom is 0.241 e. The molecule has 0 saturated heterocycles. The zero-order chi connectivity index (χ0) is 17.9. The van der Waals surface area contributed by atoms with Gasteiger partial charge < -0.3 is 5.32 Å². The molecule has 0 spiro atoms. The summed E-state index contributed by atoms with van der Waals surface area (Å²) in [5.41, 5.74) is 2.16. The van der Waals surface area contributed by atoms with Crippen LogP contribution < -0.4 is 10.0 Å². The number of sulfonamides is 1. The largest absolute Gasteiger partial charge is 0.324 e. The molecule has 24 heavy (non-hydrogen) atoms. The molecule has 0 atom stereocenters. The molecular weight excluding hydrogens is 371 g/mol. The molecule has 2 aromatic carbocycles. The summed E-state index contributed by atoms with van der Waals surface area (Å²) in [7, 11) is -3.78. The highest BCUT2D eigenvalue weighted by Gasteiger charge is 2.16. The van der Waals surface area contributed by atoms with E-state index in [1.807, 2.05) is 13.8 Å². The summed E-state index contributed by atoms with van der Waals surface area (Å²) in [6.45, 7) is 3.29. The minimum atomic E-state index is -3.78. The van der Waals surface area contributed by atoms with E-state index in [0.717, 1.165) is 11.1 Å². The Bertz CT molecular complexity index is 883. The molecule has 5 nitrogen and oxygen atoms in total. The zero-order valence-electron chi connectivity index (χ0n) is 13.1. The van der Waals surface area contributed by atoms with E-state index in [1.54, 1.807) is 30.3 Å². The highest BCUT2D eigenvalue weighted by molar-refractivity contribution is 7.89. The first-order chi connectivity index (χ1) is 11.2. The van der Waals surface area contributed by atoms with E-state index in [4.69, 9.17) is 23.2 Å². The van der Waals surface area contributed by atoms with Crippen molar-refractivity contribution < 1.29 is 13.2 Å². The summed E-state index contributed by atoms with van der Waals surface area (Å²) in [5, 5.41) is 3.01. The lowest BCUT2D eigenvalue weighted by atomic mass is 10.1. The number of halogens is 2. The first-order valence-corrected chi connectivity index (χ1v) is 9.25. The number of amides is 1. The van der Waals surface area contributed by atoms with Crippen LogP contribution in [-0.4, -0.2) is 20.9 Å². The van der Waals surface area contributed by atoms with Crippen LogP contribution in [0.25, 0.3) is 0 Å².